The maximum absolute atomic E-state index is 13.0. The Morgan fingerprint density at radius 1 is 0.966 bits per heavy atom. The molecule has 0 saturated heterocycles. The fraction of sp³-hybridized carbons (Fsp3) is 0.125. The molecule has 0 aliphatic heterocycles. The van der Waals surface area contributed by atoms with Crippen molar-refractivity contribution in [2.45, 2.75) is 20.0 Å². The van der Waals surface area contributed by atoms with E-state index in [2.05, 4.69) is 5.32 Å². The number of hydrogen-bond donors (Lipinski definition) is 1. The molecule has 3 rings (SSSR count). The van der Waals surface area contributed by atoms with E-state index in [0.29, 0.717) is 16.8 Å². The van der Waals surface area contributed by atoms with Gasteiger partial charge in [0, 0.05) is 11.3 Å². The Morgan fingerprint density at radius 2 is 1.66 bits per heavy atom. The molecule has 29 heavy (non-hydrogen) atoms. The number of carbonyl (C=O) groups excluding carboxylic acids is 2. The van der Waals surface area contributed by atoms with E-state index in [1.54, 1.807) is 24.3 Å². The highest BCUT2D eigenvalue weighted by molar-refractivity contribution is 5.98. The average molecular weight is 384 g/mol. The number of carbonyl (C=O) groups is 2. The first-order chi connectivity index (χ1) is 14.0. The minimum atomic E-state index is -1.11. The molecule has 0 fully saturated rings. The number of anilines is 1. The van der Waals surface area contributed by atoms with Gasteiger partial charge < -0.3 is 10.1 Å². The fourth-order valence-corrected chi connectivity index (χ4v) is 2.83. The van der Waals surface area contributed by atoms with Crippen LogP contribution in [0.15, 0.2) is 72.8 Å². The summed E-state index contributed by atoms with van der Waals surface area (Å²) in [4.78, 5) is 25.6. The number of amides is 1. The van der Waals surface area contributed by atoms with Gasteiger partial charge in [0.25, 0.3) is 5.91 Å². The van der Waals surface area contributed by atoms with E-state index in [9.17, 15) is 9.59 Å². The molecule has 0 spiro atoms. The zero-order chi connectivity index (χ0) is 20.8. The van der Waals surface area contributed by atoms with Gasteiger partial charge in [0.1, 0.15) is 0 Å². The van der Waals surface area contributed by atoms with Crippen molar-refractivity contribution in [2.24, 2.45) is 0 Å². The lowest BCUT2D eigenvalue weighted by Gasteiger charge is -2.19. The zero-order valence-electron chi connectivity index (χ0n) is 16.2. The Hall–Kier alpha value is -3.91. The lowest BCUT2D eigenvalue weighted by Crippen LogP contribution is -2.26. The highest BCUT2D eigenvalue weighted by Crippen LogP contribution is 2.24. The lowest BCUT2D eigenvalue weighted by atomic mass is 10.1. The van der Waals surface area contributed by atoms with Crippen molar-refractivity contribution in [3.63, 3.8) is 0 Å². The second-order valence-corrected chi connectivity index (χ2v) is 6.69. The van der Waals surface area contributed by atoms with Crippen LogP contribution in [0, 0.1) is 25.2 Å². The Kier molecular flexibility index (Phi) is 6.06. The van der Waals surface area contributed by atoms with Gasteiger partial charge in [-0.2, -0.15) is 5.26 Å². The number of hydrogen-bond acceptors (Lipinski definition) is 4. The van der Waals surface area contributed by atoms with Crippen molar-refractivity contribution in [1.29, 1.82) is 5.26 Å². The van der Waals surface area contributed by atoms with Crippen LogP contribution in [0.2, 0.25) is 0 Å². The van der Waals surface area contributed by atoms with Gasteiger partial charge in [-0.25, -0.2) is 4.79 Å². The van der Waals surface area contributed by atoms with E-state index in [4.69, 9.17) is 10.00 Å². The van der Waals surface area contributed by atoms with Crippen molar-refractivity contribution >= 4 is 17.6 Å². The summed E-state index contributed by atoms with van der Waals surface area (Å²) in [5, 5.41) is 11.8. The first-order valence-electron chi connectivity index (χ1n) is 9.12. The van der Waals surface area contributed by atoms with Gasteiger partial charge in [-0.1, -0.05) is 42.5 Å². The van der Waals surface area contributed by atoms with Crippen molar-refractivity contribution in [3.05, 3.63) is 101 Å². The summed E-state index contributed by atoms with van der Waals surface area (Å²) in [7, 11) is 0. The highest BCUT2D eigenvalue weighted by Gasteiger charge is 2.26. The normalized spacial score (nSPS) is 11.2. The molecular formula is C24H20N2O3. The number of aryl methyl sites for hydroxylation is 2. The zero-order valence-corrected chi connectivity index (χ0v) is 16.2. The molecule has 1 amide bonds. The summed E-state index contributed by atoms with van der Waals surface area (Å²) in [6, 6.07) is 22.7. The molecule has 144 valence electrons. The maximum atomic E-state index is 13.0. The van der Waals surface area contributed by atoms with Gasteiger partial charge in [-0.15, -0.1) is 0 Å². The number of nitrogens with one attached hydrogen (secondary N) is 1. The van der Waals surface area contributed by atoms with E-state index >= 15 is 0 Å². The summed E-state index contributed by atoms with van der Waals surface area (Å²) >= 11 is 0. The lowest BCUT2D eigenvalue weighted by molar-refractivity contribution is -0.125. The first-order valence-corrected chi connectivity index (χ1v) is 9.12. The van der Waals surface area contributed by atoms with Crippen LogP contribution >= 0.6 is 0 Å². The van der Waals surface area contributed by atoms with Gasteiger partial charge >= 0.3 is 5.97 Å². The molecule has 0 aromatic heterocycles. The van der Waals surface area contributed by atoms with Crippen LogP contribution in [0.1, 0.15) is 38.7 Å². The van der Waals surface area contributed by atoms with Crippen LogP contribution in [-0.4, -0.2) is 11.9 Å². The molecule has 0 saturated carbocycles. The van der Waals surface area contributed by atoms with E-state index in [0.717, 1.165) is 11.1 Å². The minimum absolute atomic E-state index is 0.268. The number of esters is 1. The van der Waals surface area contributed by atoms with Crippen molar-refractivity contribution in [2.75, 3.05) is 5.32 Å². The Bertz CT molecular complexity index is 1070. The molecule has 3 aromatic rings. The van der Waals surface area contributed by atoms with Crippen LogP contribution < -0.4 is 5.32 Å². The van der Waals surface area contributed by atoms with Crippen molar-refractivity contribution in [1.82, 2.24) is 0 Å². The van der Waals surface area contributed by atoms with Crippen molar-refractivity contribution < 1.29 is 14.3 Å². The molecule has 0 aliphatic carbocycles. The number of ether oxygens (including phenoxy) is 1. The smallest absolute Gasteiger partial charge is 0.339 e. The molecule has 0 bridgehead atoms. The maximum Gasteiger partial charge on any atom is 0.339 e. The predicted molar refractivity (Wildman–Crippen MR) is 110 cm³/mol. The fourth-order valence-electron chi connectivity index (χ4n) is 2.83. The molecule has 3 aromatic carbocycles. The van der Waals surface area contributed by atoms with Gasteiger partial charge in [-0.3, -0.25) is 4.79 Å². The quantitative estimate of drug-likeness (QED) is 0.646. The van der Waals surface area contributed by atoms with Gasteiger partial charge in [-0.05, 0) is 55.3 Å². The molecule has 1 atom stereocenters. The third-order valence-corrected chi connectivity index (χ3v) is 4.47. The van der Waals surface area contributed by atoms with Gasteiger partial charge in [0.2, 0.25) is 6.10 Å². The number of benzene rings is 3. The van der Waals surface area contributed by atoms with Crippen LogP contribution in [0.4, 0.5) is 5.69 Å². The van der Waals surface area contributed by atoms with Crippen LogP contribution in [0.25, 0.3) is 0 Å². The largest absolute Gasteiger partial charge is 0.444 e. The Labute approximate surface area is 169 Å². The molecule has 0 unspecified atom stereocenters. The Morgan fingerprint density at radius 3 is 2.31 bits per heavy atom. The number of rotatable bonds is 5. The molecule has 1 N–H and O–H groups in total. The molecule has 0 radical (unpaired) electrons. The SMILES string of the molecule is Cc1ccc(C)c(NC(=O)[C@@H](OC(=O)c2ccc(C#N)cc2)c2ccccc2)c1. The van der Waals surface area contributed by atoms with E-state index in [1.807, 2.05) is 44.2 Å². The third kappa shape index (κ3) is 4.88. The number of nitriles is 1. The minimum Gasteiger partial charge on any atom is -0.444 e. The summed E-state index contributed by atoms with van der Waals surface area (Å²) in [6.45, 7) is 3.84. The van der Waals surface area contributed by atoms with E-state index < -0.39 is 18.0 Å². The van der Waals surface area contributed by atoms with E-state index in [1.165, 1.54) is 24.3 Å². The number of nitrogens with zero attached hydrogens (tertiary/aromatic N) is 1. The summed E-state index contributed by atoms with van der Waals surface area (Å²) < 4.78 is 5.57. The second-order valence-electron chi connectivity index (χ2n) is 6.69. The van der Waals surface area contributed by atoms with E-state index in [-0.39, 0.29) is 5.56 Å². The topological polar surface area (TPSA) is 79.2 Å². The average Bonchev–Trinajstić information content (AvgIpc) is 2.75. The van der Waals surface area contributed by atoms with Crippen LogP contribution in [0.3, 0.4) is 0 Å². The first kappa shape index (κ1) is 19.8. The molecule has 5 nitrogen and oxygen atoms in total. The third-order valence-electron chi connectivity index (χ3n) is 4.47. The summed E-state index contributed by atoms with van der Waals surface area (Å²) in [5.74, 6) is -1.08. The van der Waals surface area contributed by atoms with Crippen LogP contribution in [0.5, 0.6) is 0 Å². The Balaban J connectivity index is 1.86. The molecule has 0 aliphatic rings. The van der Waals surface area contributed by atoms with Crippen molar-refractivity contribution in [3.8, 4) is 6.07 Å². The molecular weight excluding hydrogens is 364 g/mol. The van der Waals surface area contributed by atoms with Gasteiger partial charge in [0.05, 0.1) is 17.2 Å². The van der Waals surface area contributed by atoms with Gasteiger partial charge in [0.15, 0.2) is 0 Å². The second kappa shape index (κ2) is 8.85. The summed E-state index contributed by atoms with van der Waals surface area (Å²) in [5.41, 5.74) is 3.87. The predicted octanol–water partition coefficient (Wildman–Crippen LogP) is 4.71. The summed E-state index contributed by atoms with van der Waals surface area (Å²) in [6.07, 6.45) is -1.11. The molecule has 5 heteroatoms. The van der Waals surface area contributed by atoms with Crippen LogP contribution in [-0.2, 0) is 9.53 Å². The highest BCUT2D eigenvalue weighted by atomic mass is 16.5. The monoisotopic (exact) mass is 384 g/mol. The standard InChI is InChI=1S/C24H20N2O3/c1-16-8-9-17(2)21(14-16)26-23(27)22(19-6-4-3-5-7-19)29-24(28)20-12-10-18(15-25)11-13-20/h3-14,22H,1-2H3,(H,26,27)/t22-/m0/s1. The molecule has 0 heterocycles.